The first-order chi connectivity index (χ1) is 15.1. The van der Waals surface area contributed by atoms with Crippen LogP contribution in [-0.2, 0) is 6.54 Å². The molecule has 0 amide bonds. The maximum Gasteiger partial charge on any atom is 0.261 e. The average molecular weight is 419 g/mol. The zero-order valence-electron chi connectivity index (χ0n) is 17.3. The number of hydrogen-bond acceptors (Lipinski definition) is 7. The van der Waals surface area contributed by atoms with Gasteiger partial charge in [0.05, 0.1) is 35.4 Å². The lowest BCUT2D eigenvalue weighted by Gasteiger charge is -2.15. The monoisotopic (exact) mass is 419 g/mol. The molecule has 4 heterocycles. The predicted octanol–water partition coefficient (Wildman–Crippen LogP) is 3.46. The second-order valence-corrected chi connectivity index (χ2v) is 7.20. The molecule has 4 aromatic heterocycles. The third kappa shape index (κ3) is 3.21. The third-order valence-electron chi connectivity index (χ3n) is 5.23. The first-order valence-electron chi connectivity index (χ1n) is 9.89. The van der Waals surface area contributed by atoms with Crippen LogP contribution in [0.2, 0.25) is 0 Å². The molecule has 0 fully saturated rings. The summed E-state index contributed by atoms with van der Waals surface area (Å²) in [5.74, 6) is 1.14. The standard InChI is InChI=1S/C21H21N7O3/c1-4-28-8-15-18(27-28)19(23-11(2)16-9-31-10-22-16)17(21(29)26-15)20-24-13-6-5-12(30-3)7-14(13)25-20/h5-11,23H,4H2,1-3H3,(H,24,25)(H,26,29)/t11-/m1/s1. The number of aromatic amines is 2. The van der Waals surface area contributed by atoms with E-state index < -0.39 is 0 Å². The number of aromatic nitrogens is 6. The zero-order valence-corrected chi connectivity index (χ0v) is 17.3. The molecule has 10 heteroatoms. The van der Waals surface area contributed by atoms with Crippen molar-refractivity contribution in [3.05, 3.63) is 53.1 Å². The van der Waals surface area contributed by atoms with Crippen molar-refractivity contribution in [3.8, 4) is 17.1 Å². The van der Waals surface area contributed by atoms with Crippen molar-refractivity contribution in [3.63, 3.8) is 0 Å². The van der Waals surface area contributed by atoms with Gasteiger partial charge in [0, 0.05) is 18.8 Å². The maximum absolute atomic E-state index is 13.2. The minimum atomic E-state index is -0.274. The van der Waals surface area contributed by atoms with Gasteiger partial charge in [-0.05, 0) is 26.0 Å². The highest BCUT2D eigenvalue weighted by Crippen LogP contribution is 2.33. The Hall–Kier alpha value is -4.08. The fraction of sp³-hybridized carbons (Fsp3) is 0.238. The number of pyridine rings is 1. The maximum atomic E-state index is 13.2. The van der Waals surface area contributed by atoms with Crippen LogP contribution in [0.5, 0.6) is 5.75 Å². The van der Waals surface area contributed by atoms with Gasteiger partial charge in [-0.1, -0.05) is 0 Å². The number of rotatable bonds is 6. The smallest absolute Gasteiger partial charge is 0.261 e. The fourth-order valence-corrected chi connectivity index (χ4v) is 3.60. The Morgan fingerprint density at radius 3 is 2.90 bits per heavy atom. The number of imidazole rings is 1. The highest BCUT2D eigenvalue weighted by atomic mass is 16.5. The van der Waals surface area contributed by atoms with E-state index in [9.17, 15) is 4.79 Å². The van der Waals surface area contributed by atoms with Crippen molar-refractivity contribution in [1.82, 2.24) is 29.7 Å². The number of aryl methyl sites for hydroxylation is 1. The summed E-state index contributed by atoms with van der Waals surface area (Å²) in [7, 11) is 1.61. The predicted molar refractivity (Wildman–Crippen MR) is 116 cm³/mol. The van der Waals surface area contributed by atoms with E-state index in [1.54, 1.807) is 18.1 Å². The van der Waals surface area contributed by atoms with Crippen LogP contribution >= 0.6 is 0 Å². The highest BCUT2D eigenvalue weighted by molar-refractivity contribution is 5.96. The van der Waals surface area contributed by atoms with Crippen molar-refractivity contribution in [2.45, 2.75) is 26.4 Å². The largest absolute Gasteiger partial charge is 0.497 e. The lowest BCUT2D eigenvalue weighted by molar-refractivity contribution is 0.415. The molecular formula is C21H21N7O3. The number of ether oxygens (including phenoxy) is 1. The summed E-state index contributed by atoms with van der Waals surface area (Å²) in [6.07, 6.45) is 4.76. The Bertz CT molecular complexity index is 1430. The van der Waals surface area contributed by atoms with Crippen LogP contribution in [0.1, 0.15) is 25.6 Å². The summed E-state index contributed by atoms with van der Waals surface area (Å²) in [5.41, 5.74) is 4.17. The van der Waals surface area contributed by atoms with Crippen LogP contribution in [0.25, 0.3) is 33.5 Å². The Balaban J connectivity index is 1.73. The first kappa shape index (κ1) is 18.9. The van der Waals surface area contributed by atoms with Gasteiger partial charge in [-0.2, -0.15) is 5.10 Å². The average Bonchev–Trinajstić information content (AvgIpc) is 3.51. The number of hydrogen-bond donors (Lipinski definition) is 3. The summed E-state index contributed by atoms with van der Waals surface area (Å²) < 4.78 is 12.2. The topological polar surface area (TPSA) is 127 Å². The van der Waals surface area contributed by atoms with E-state index in [0.29, 0.717) is 46.1 Å². The Morgan fingerprint density at radius 1 is 1.29 bits per heavy atom. The lowest BCUT2D eigenvalue weighted by Crippen LogP contribution is -2.16. The number of H-pyrrole nitrogens is 2. The quantitative estimate of drug-likeness (QED) is 0.385. The van der Waals surface area contributed by atoms with Gasteiger partial charge < -0.3 is 24.4 Å². The van der Waals surface area contributed by atoms with Crippen molar-refractivity contribution in [2.24, 2.45) is 0 Å². The summed E-state index contributed by atoms with van der Waals surface area (Å²) >= 11 is 0. The van der Waals surface area contributed by atoms with E-state index >= 15 is 0 Å². The second kappa shape index (κ2) is 7.31. The summed E-state index contributed by atoms with van der Waals surface area (Å²) in [4.78, 5) is 28.2. The number of oxazole rings is 1. The molecule has 0 radical (unpaired) electrons. The Morgan fingerprint density at radius 2 is 2.16 bits per heavy atom. The molecule has 0 saturated heterocycles. The van der Waals surface area contributed by atoms with E-state index in [4.69, 9.17) is 9.15 Å². The molecule has 5 rings (SSSR count). The molecule has 1 atom stereocenters. The molecule has 10 nitrogen and oxygen atoms in total. The Kier molecular flexibility index (Phi) is 4.46. The van der Waals surface area contributed by atoms with Crippen LogP contribution < -0.4 is 15.6 Å². The number of nitrogens with zero attached hydrogens (tertiary/aromatic N) is 4. The van der Waals surface area contributed by atoms with Crippen molar-refractivity contribution < 1.29 is 9.15 Å². The van der Waals surface area contributed by atoms with Gasteiger partial charge in [-0.15, -0.1) is 0 Å². The molecule has 31 heavy (non-hydrogen) atoms. The van der Waals surface area contributed by atoms with Gasteiger partial charge in [-0.3, -0.25) is 9.48 Å². The first-order valence-corrected chi connectivity index (χ1v) is 9.89. The number of anilines is 1. The lowest BCUT2D eigenvalue weighted by atomic mass is 10.1. The number of nitrogens with one attached hydrogen (secondary N) is 3. The fourth-order valence-electron chi connectivity index (χ4n) is 3.60. The van der Waals surface area contributed by atoms with Crippen LogP contribution in [0.3, 0.4) is 0 Å². The molecule has 0 unspecified atom stereocenters. The molecule has 158 valence electrons. The van der Waals surface area contributed by atoms with Crippen molar-refractivity contribution >= 4 is 27.8 Å². The van der Waals surface area contributed by atoms with Crippen molar-refractivity contribution in [2.75, 3.05) is 12.4 Å². The number of methoxy groups -OCH3 is 1. The van der Waals surface area contributed by atoms with Gasteiger partial charge in [0.15, 0.2) is 6.39 Å². The SMILES string of the molecule is CCn1cc2[nH]c(=O)c(-c3nc4ccc(OC)cc4[nH]3)c(N[C@H](C)c3cocn3)c2n1. The summed E-state index contributed by atoms with van der Waals surface area (Å²) in [6.45, 7) is 4.60. The van der Waals surface area contributed by atoms with Crippen LogP contribution in [0.4, 0.5) is 5.69 Å². The molecule has 0 aliphatic rings. The minimum Gasteiger partial charge on any atom is -0.497 e. The van der Waals surface area contributed by atoms with E-state index in [0.717, 1.165) is 11.0 Å². The molecule has 0 spiro atoms. The molecule has 0 saturated carbocycles. The van der Waals surface area contributed by atoms with Crippen molar-refractivity contribution in [1.29, 1.82) is 0 Å². The molecular weight excluding hydrogens is 398 g/mol. The minimum absolute atomic E-state index is 0.223. The van der Waals surface area contributed by atoms with E-state index in [1.807, 2.05) is 38.2 Å². The molecule has 3 N–H and O–H groups in total. The van der Waals surface area contributed by atoms with Crippen LogP contribution in [0, 0.1) is 0 Å². The summed E-state index contributed by atoms with van der Waals surface area (Å²) in [5, 5.41) is 8.05. The number of benzene rings is 1. The molecule has 5 aromatic rings. The third-order valence-corrected chi connectivity index (χ3v) is 5.23. The Labute approximate surface area is 176 Å². The van der Waals surface area contributed by atoms with Gasteiger partial charge in [0.1, 0.15) is 34.6 Å². The highest BCUT2D eigenvalue weighted by Gasteiger charge is 2.22. The molecule has 1 aromatic carbocycles. The zero-order chi connectivity index (χ0) is 21.5. The van der Waals surface area contributed by atoms with Gasteiger partial charge >= 0.3 is 0 Å². The van der Waals surface area contributed by atoms with Gasteiger partial charge in [-0.25, -0.2) is 9.97 Å². The molecule has 0 bridgehead atoms. The van der Waals surface area contributed by atoms with Gasteiger partial charge in [0.2, 0.25) is 0 Å². The van der Waals surface area contributed by atoms with E-state index in [-0.39, 0.29) is 11.6 Å². The van der Waals surface area contributed by atoms with Crippen LogP contribution in [0.15, 0.2) is 46.3 Å². The van der Waals surface area contributed by atoms with E-state index in [2.05, 4.69) is 30.4 Å². The van der Waals surface area contributed by atoms with Gasteiger partial charge in [0.25, 0.3) is 5.56 Å². The summed E-state index contributed by atoms with van der Waals surface area (Å²) in [6, 6.07) is 5.29. The second-order valence-electron chi connectivity index (χ2n) is 7.20. The molecule has 0 aliphatic carbocycles. The molecule has 0 aliphatic heterocycles. The van der Waals surface area contributed by atoms with Crippen LogP contribution in [-0.4, -0.2) is 36.8 Å². The van der Waals surface area contributed by atoms with E-state index in [1.165, 1.54) is 6.39 Å². The number of fused-ring (bicyclic) bond motifs is 2. The normalized spacial score (nSPS) is 12.5.